The van der Waals surface area contributed by atoms with Crippen LogP contribution in [0.25, 0.3) is 0 Å². The fourth-order valence-electron chi connectivity index (χ4n) is 2.82. The van der Waals surface area contributed by atoms with Crippen molar-refractivity contribution in [1.82, 2.24) is 0 Å². The van der Waals surface area contributed by atoms with E-state index in [-0.39, 0.29) is 5.92 Å². The topological polar surface area (TPSA) is 20.9 Å². The number of ketones is 1. The molecule has 2 nitrogen and oxygen atoms in total. The van der Waals surface area contributed by atoms with Crippen molar-refractivity contribution in [2.75, 3.05) is 0 Å². The number of hydrogen-bond acceptors (Lipinski definition) is 1. The smallest absolute Gasteiger partial charge is 0.206 e. The summed E-state index contributed by atoms with van der Waals surface area (Å²) in [7, 11) is 0. The van der Waals surface area contributed by atoms with E-state index in [1.807, 2.05) is 35.2 Å². The first-order valence-corrected chi connectivity index (χ1v) is 6.86. The Morgan fingerprint density at radius 3 is 2.58 bits per heavy atom. The van der Waals surface area contributed by atoms with Crippen LogP contribution in [0.1, 0.15) is 17.5 Å². The Morgan fingerprint density at radius 2 is 1.79 bits per heavy atom. The monoisotopic (exact) mass is 252 g/mol. The van der Waals surface area contributed by atoms with Crippen molar-refractivity contribution in [1.29, 1.82) is 0 Å². The fourth-order valence-corrected chi connectivity index (χ4v) is 2.82. The van der Waals surface area contributed by atoms with Gasteiger partial charge >= 0.3 is 0 Å². The van der Waals surface area contributed by atoms with E-state index in [1.54, 1.807) is 0 Å². The number of nitrogens with zero attached hydrogens (tertiary/aromatic N) is 1. The number of Topliss-reactive ketones (excluding diaryl/α,β-unsaturated/α-hetero) is 1. The van der Waals surface area contributed by atoms with Gasteiger partial charge in [-0.05, 0) is 30.4 Å². The van der Waals surface area contributed by atoms with Crippen LogP contribution in [-0.2, 0) is 24.2 Å². The number of aryl methyl sites for hydroxylation is 1. The van der Waals surface area contributed by atoms with Gasteiger partial charge in [0.15, 0.2) is 12.4 Å². The highest BCUT2D eigenvalue weighted by molar-refractivity contribution is 5.80. The number of aromatic nitrogens is 1. The lowest BCUT2D eigenvalue weighted by molar-refractivity contribution is -0.684. The van der Waals surface area contributed by atoms with E-state index in [0.29, 0.717) is 12.3 Å². The number of carbonyl (C=O) groups is 1. The summed E-state index contributed by atoms with van der Waals surface area (Å²) in [6.45, 7) is 0.494. The molecule has 0 N–H and O–H groups in total. The minimum absolute atomic E-state index is 0.183. The molecule has 0 saturated carbocycles. The van der Waals surface area contributed by atoms with E-state index in [2.05, 4.69) is 24.3 Å². The summed E-state index contributed by atoms with van der Waals surface area (Å²) in [6.07, 6.45) is 6.83. The molecular formula is C17H18NO+. The standard InChI is InChI=1S/C17H18NO/c19-17(13-18-10-4-1-5-11-18)16-9-8-14-6-2-3-7-15(14)12-16/h1-7,10-11,16H,8-9,12-13H2/q+1/t16-/m1/s1. The van der Waals surface area contributed by atoms with Gasteiger partial charge in [-0.1, -0.05) is 30.3 Å². The summed E-state index contributed by atoms with van der Waals surface area (Å²) in [4.78, 5) is 12.4. The number of benzene rings is 1. The normalized spacial score (nSPS) is 17.8. The molecule has 1 aromatic heterocycles. The molecule has 0 bridgehead atoms. The molecule has 3 rings (SSSR count). The van der Waals surface area contributed by atoms with Crippen LogP contribution in [0.2, 0.25) is 0 Å². The molecule has 1 aromatic carbocycles. The molecule has 96 valence electrons. The van der Waals surface area contributed by atoms with Gasteiger partial charge in [0.1, 0.15) is 0 Å². The summed E-state index contributed by atoms with van der Waals surface area (Å²) in [5, 5.41) is 0. The minimum atomic E-state index is 0.183. The Morgan fingerprint density at radius 1 is 1.05 bits per heavy atom. The van der Waals surface area contributed by atoms with E-state index in [0.717, 1.165) is 19.3 Å². The Labute approximate surface area is 113 Å². The van der Waals surface area contributed by atoms with Gasteiger partial charge in [-0.15, -0.1) is 0 Å². The highest BCUT2D eigenvalue weighted by Gasteiger charge is 2.26. The zero-order valence-corrected chi connectivity index (χ0v) is 11.0. The van der Waals surface area contributed by atoms with Crippen LogP contribution in [0, 0.1) is 5.92 Å². The van der Waals surface area contributed by atoms with E-state index in [1.165, 1.54) is 11.1 Å². The number of pyridine rings is 1. The molecule has 1 aliphatic rings. The molecule has 0 amide bonds. The number of hydrogen-bond donors (Lipinski definition) is 0. The lowest BCUT2D eigenvalue weighted by Gasteiger charge is -2.22. The number of carbonyl (C=O) groups excluding carboxylic acids is 1. The second-order valence-electron chi connectivity index (χ2n) is 5.22. The molecule has 1 heterocycles. The second-order valence-corrected chi connectivity index (χ2v) is 5.22. The lowest BCUT2D eigenvalue weighted by Crippen LogP contribution is -2.40. The Kier molecular flexibility index (Phi) is 3.41. The van der Waals surface area contributed by atoms with Crippen molar-refractivity contribution in [3.63, 3.8) is 0 Å². The molecule has 1 aliphatic carbocycles. The highest BCUT2D eigenvalue weighted by atomic mass is 16.1. The van der Waals surface area contributed by atoms with Crippen LogP contribution < -0.4 is 4.57 Å². The van der Waals surface area contributed by atoms with E-state index in [4.69, 9.17) is 0 Å². The summed E-state index contributed by atoms with van der Waals surface area (Å²) < 4.78 is 1.96. The van der Waals surface area contributed by atoms with Crippen molar-refractivity contribution in [2.45, 2.75) is 25.8 Å². The van der Waals surface area contributed by atoms with Crippen LogP contribution >= 0.6 is 0 Å². The zero-order chi connectivity index (χ0) is 13.1. The summed E-state index contributed by atoms with van der Waals surface area (Å²) >= 11 is 0. The number of fused-ring (bicyclic) bond motifs is 1. The van der Waals surface area contributed by atoms with Gasteiger partial charge in [-0.2, -0.15) is 4.57 Å². The predicted molar refractivity (Wildman–Crippen MR) is 73.6 cm³/mol. The molecule has 2 aromatic rings. The maximum atomic E-state index is 12.4. The molecule has 0 radical (unpaired) electrons. The molecular weight excluding hydrogens is 234 g/mol. The van der Waals surface area contributed by atoms with Gasteiger partial charge in [0.05, 0.1) is 0 Å². The van der Waals surface area contributed by atoms with Crippen molar-refractivity contribution in [3.05, 3.63) is 66.0 Å². The maximum Gasteiger partial charge on any atom is 0.206 e. The van der Waals surface area contributed by atoms with Crippen LogP contribution in [0.15, 0.2) is 54.9 Å². The molecule has 0 unspecified atom stereocenters. The molecule has 0 spiro atoms. The molecule has 19 heavy (non-hydrogen) atoms. The minimum Gasteiger partial charge on any atom is -0.292 e. The number of rotatable bonds is 3. The molecule has 2 heteroatoms. The summed E-state index contributed by atoms with van der Waals surface area (Å²) in [5.41, 5.74) is 2.77. The average Bonchev–Trinajstić information content (AvgIpc) is 2.48. The fraction of sp³-hybridized carbons (Fsp3) is 0.294. The third-order valence-corrected chi connectivity index (χ3v) is 3.92. The molecule has 0 fully saturated rings. The van der Waals surface area contributed by atoms with Crippen molar-refractivity contribution in [3.8, 4) is 0 Å². The Bertz CT molecular complexity index is 577. The van der Waals surface area contributed by atoms with Crippen molar-refractivity contribution in [2.24, 2.45) is 5.92 Å². The Balaban J connectivity index is 1.70. The van der Waals surface area contributed by atoms with E-state index < -0.39 is 0 Å². The quantitative estimate of drug-likeness (QED) is 0.768. The summed E-state index contributed by atoms with van der Waals surface area (Å²) in [5.74, 6) is 0.535. The highest BCUT2D eigenvalue weighted by Crippen LogP contribution is 2.25. The van der Waals surface area contributed by atoms with Gasteiger partial charge in [-0.3, -0.25) is 4.79 Å². The zero-order valence-electron chi connectivity index (χ0n) is 11.0. The largest absolute Gasteiger partial charge is 0.292 e. The Hall–Kier alpha value is -1.96. The van der Waals surface area contributed by atoms with Crippen LogP contribution in [-0.4, -0.2) is 5.78 Å². The van der Waals surface area contributed by atoms with Crippen molar-refractivity contribution >= 4 is 5.78 Å². The third-order valence-electron chi connectivity index (χ3n) is 3.92. The summed E-state index contributed by atoms with van der Waals surface area (Å²) in [6, 6.07) is 14.4. The van der Waals surface area contributed by atoms with Gasteiger partial charge in [-0.25, -0.2) is 0 Å². The van der Waals surface area contributed by atoms with Crippen LogP contribution in [0.3, 0.4) is 0 Å². The molecule has 0 aliphatic heterocycles. The molecule has 1 atom stereocenters. The van der Waals surface area contributed by atoms with E-state index in [9.17, 15) is 4.79 Å². The first-order valence-electron chi connectivity index (χ1n) is 6.86. The second kappa shape index (κ2) is 5.35. The molecule has 0 saturated heterocycles. The van der Waals surface area contributed by atoms with Crippen LogP contribution in [0.5, 0.6) is 0 Å². The first-order chi connectivity index (χ1) is 9.33. The van der Waals surface area contributed by atoms with Gasteiger partial charge in [0.25, 0.3) is 0 Å². The van der Waals surface area contributed by atoms with Gasteiger partial charge in [0, 0.05) is 18.1 Å². The average molecular weight is 252 g/mol. The van der Waals surface area contributed by atoms with Crippen molar-refractivity contribution < 1.29 is 9.36 Å². The SMILES string of the molecule is O=C(C[n+]1ccccc1)[C@@H]1CCc2ccccc2C1. The van der Waals surface area contributed by atoms with Gasteiger partial charge in [0.2, 0.25) is 12.3 Å². The maximum absolute atomic E-state index is 12.4. The van der Waals surface area contributed by atoms with E-state index >= 15 is 0 Å². The third kappa shape index (κ3) is 2.73. The predicted octanol–water partition coefficient (Wildman–Crippen LogP) is 2.35. The lowest BCUT2D eigenvalue weighted by atomic mass is 9.82. The first kappa shape index (κ1) is 12.1. The van der Waals surface area contributed by atoms with Crippen LogP contribution in [0.4, 0.5) is 0 Å². The van der Waals surface area contributed by atoms with Gasteiger partial charge < -0.3 is 0 Å².